The van der Waals surface area contributed by atoms with E-state index in [1.54, 1.807) is 49.6 Å². The number of ether oxygens (including phenoxy) is 2. The number of aromatic nitrogens is 6. The van der Waals surface area contributed by atoms with Gasteiger partial charge >= 0.3 is 0 Å². The van der Waals surface area contributed by atoms with Crippen LogP contribution in [0.3, 0.4) is 0 Å². The Bertz CT molecular complexity index is 1430. The number of sulfonamides is 1. The highest BCUT2D eigenvalue weighted by Gasteiger charge is 2.32. The van der Waals surface area contributed by atoms with E-state index >= 15 is 0 Å². The van der Waals surface area contributed by atoms with Gasteiger partial charge in [0.05, 0.1) is 31.9 Å². The van der Waals surface area contributed by atoms with E-state index in [1.807, 2.05) is 0 Å². The zero-order valence-corrected chi connectivity index (χ0v) is 20.8. The maximum absolute atomic E-state index is 13.4. The molecule has 0 amide bonds. The Morgan fingerprint density at radius 1 is 0.972 bits per heavy atom. The molecule has 3 aromatic heterocycles. The lowest BCUT2D eigenvalue weighted by Gasteiger charge is -2.21. The second-order valence-corrected chi connectivity index (χ2v) is 9.87. The molecule has 0 saturated heterocycles. The smallest absolute Gasteiger partial charge is 0.243 e. The first kappa shape index (κ1) is 25.0. The van der Waals surface area contributed by atoms with Crippen molar-refractivity contribution in [1.29, 1.82) is 0 Å². The summed E-state index contributed by atoms with van der Waals surface area (Å²) in [6.07, 6.45) is 5.18. The highest BCUT2D eigenvalue weighted by molar-refractivity contribution is 7.93. The maximum Gasteiger partial charge on any atom is 0.243 e. The van der Waals surface area contributed by atoms with Crippen molar-refractivity contribution in [2.24, 2.45) is 0 Å². The van der Waals surface area contributed by atoms with Crippen molar-refractivity contribution in [1.82, 2.24) is 29.7 Å². The summed E-state index contributed by atoms with van der Waals surface area (Å²) >= 11 is 0. The van der Waals surface area contributed by atoms with Crippen LogP contribution in [0, 0.1) is 5.82 Å². The summed E-state index contributed by atoms with van der Waals surface area (Å²) in [6.45, 7) is 3.15. The number of halogens is 1. The first-order valence-electron chi connectivity index (χ1n) is 10.8. The molecule has 0 fully saturated rings. The number of rotatable bonds is 9. The Kier molecular flexibility index (Phi) is 7.10. The molecule has 4 aromatic rings. The van der Waals surface area contributed by atoms with Crippen LogP contribution in [0.5, 0.6) is 11.5 Å². The van der Waals surface area contributed by atoms with Crippen molar-refractivity contribution in [3.05, 3.63) is 66.8 Å². The van der Waals surface area contributed by atoms with E-state index in [9.17, 15) is 12.8 Å². The number of nitrogens with one attached hydrogen (secondary N) is 1. The summed E-state index contributed by atoms with van der Waals surface area (Å²) in [5.41, 5.74) is 0.983. The van der Waals surface area contributed by atoms with Gasteiger partial charge in [-0.05, 0) is 31.2 Å². The lowest BCUT2D eigenvalue weighted by Crippen LogP contribution is -2.31. The molecule has 4 rings (SSSR count). The van der Waals surface area contributed by atoms with Gasteiger partial charge in [-0.2, -0.15) is 0 Å². The predicted octanol–water partition coefficient (Wildman–Crippen LogP) is 3.21. The molecule has 0 bridgehead atoms. The number of anilines is 1. The first-order chi connectivity index (χ1) is 17.3. The van der Waals surface area contributed by atoms with Gasteiger partial charge in [0.15, 0.2) is 11.6 Å². The van der Waals surface area contributed by atoms with Crippen LogP contribution >= 0.6 is 0 Å². The molecule has 0 unspecified atom stereocenters. The number of pyridine rings is 1. The highest BCUT2D eigenvalue weighted by atomic mass is 32.2. The van der Waals surface area contributed by atoms with Crippen LogP contribution in [0.25, 0.3) is 17.1 Å². The summed E-state index contributed by atoms with van der Waals surface area (Å²) in [4.78, 5) is 12.0. The summed E-state index contributed by atoms with van der Waals surface area (Å²) in [7, 11) is -1.08. The molecule has 0 aliphatic rings. The molecule has 1 N–H and O–H groups in total. The lowest BCUT2D eigenvalue weighted by atomic mass is 10.1. The Balaban J connectivity index is 1.81. The van der Waals surface area contributed by atoms with Gasteiger partial charge in [0.1, 0.15) is 23.0 Å². The SMILES string of the molecule is COc1cccc(OC)c1-n1c(NS(=O)(=O)[C@H](C)[C@@H](C)c2ncc(F)cn2)nnc1-c1cccnc1. The molecule has 13 heteroatoms. The van der Waals surface area contributed by atoms with Crippen LogP contribution in [-0.4, -0.2) is 57.6 Å². The second-order valence-electron chi connectivity index (χ2n) is 7.84. The first-order valence-corrected chi connectivity index (χ1v) is 12.4. The molecule has 1 aromatic carbocycles. The minimum absolute atomic E-state index is 0.0873. The average Bonchev–Trinajstić information content (AvgIpc) is 3.30. The standard InChI is InChI=1S/C23H24FN7O4S/c1-14(21-26-12-17(24)13-27-21)15(2)36(32,33)30-23-29-28-22(16-7-6-10-25-11-16)31(23)20-18(34-3)8-5-9-19(20)35-4/h5-15H,1-4H3,(H,29,30)/t14-,15-/m1/s1. The zero-order valence-electron chi connectivity index (χ0n) is 20.0. The van der Waals surface area contributed by atoms with Crippen molar-refractivity contribution in [3.8, 4) is 28.6 Å². The highest BCUT2D eigenvalue weighted by Crippen LogP contribution is 2.38. The number of hydrogen-bond donors (Lipinski definition) is 1. The van der Waals surface area contributed by atoms with Crippen LogP contribution in [0.2, 0.25) is 0 Å². The fraction of sp³-hybridized carbons (Fsp3) is 0.261. The number of methoxy groups -OCH3 is 2. The Morgan fingerprint density at radius 3 is 2.22 bits per heavy atom. The van der Waals surface area contributed by atoms with Crippen LogP contribution in [0.4, 0.5) is 10.3 Å². The molecule has 0 saturated carbocycles. The van der Waals surface area contributed by atoms with Crippen molar-refractivity contribution < 1.29 is 22.3 Å². The van der Waals surface area contributed by atoms with E-state index in [0.717, 1.165) is 12.4 Å². The molecular weight excluding hydrogens is 489 g/mol. The van der Waals surface area contributed by atoms with Gasteiger partial charge in [0, 0.05) is 23.9 Å². The molecule has 36 heavy (non-hydrogen) atoms. The van der Waals surface area contributed by atoms with Crippen molar-refractivity contribution in [2.75, 3.05) is 18.9 Å². The van der Waals surface area contributed by atoms with Gasteiger partial charge < -0.3 is 9.47 Å². The third-order valence-corrected chi connectivity index (χ3v) is 7.54. The molecule has 0 radical (unpaired) electrons. The second kappa shape index (κ2) is 10.2. The van der Waals surface area contributed by atoms with E-state index in [-0.39, 0.29) is 11.8 Å². The lowest BCUT2D eigenvalue weighted by molar-refractivity contribution is 0.391. The number of hydrogen-bond acceptors (Lipinski definition) is 9. The van der Waals surface area contributed by atoms with Crippen molar-refractivity contribution >= 4 is 16.0 Å². The zero-order chi connectivity index (χ0) is 25.9. The molecule has 3 heterocycles. The van der Waals surface area contributed by atoms with Crippen molar-refractivity contribution in [3.63, 3.8) is 0 Å². The Hall–Kier alpha value is -4.13. The van der Waals surface area contributed by atoms with E-state index in [2.05, 4.69) is 29.9 Å². The monoisotopic (exact) mass is 513 g/mol. The van der Waals surface area contributed by atoms with Gasteiger partial charge in [-0.25, -0.2) is 22.8 Å². The molecule has 188 valence electrons. The maximum atomic E-state index is 13.4. The summed E-state index contributed by atoms with van der Waals surface area (Å²) in [5.74, 6) is -0.0405. The molecule has 11 nitrogen and oxygen atoms in total. The van der Waals surface area contributed by atoms with Gasteiger partial charge in [0.25, 0.3) is 0 Å². The van der Waals surface area contributed by atoms with Crippen LogP contribution in [0.1, 0.15) is 25.6 Å². The summed E-state index contributed by atoms with van der Waals surface area (Å²) < 4.78 is 55.2. The topological polar surface area (TPSA) is 134 Å². The third kappa shape index (κ3) is 4.82. The van der Waals surface area contributed by atoms with Crippen LogP contribution in [0.15, 0.2) is 55.1 Å². The minimum atomic E-state index is -4.05. The third-order valence-electron chi connectivity index (χ3n) is 5.68. The van der Waals surface area contributed by atoms with Crippen LogP contribution < -0.4 is 14.2 Å². The molecule has 0 aliphatic carbocycles. The minimum Gasteiger partial charge on any atom is -0.494 e. The number of para-hydroxylation sites is 1. The summed E-state index contributed by atoms with van der Waals surface area (Å²) in [5, 5.41) is 7.37. The number of nitrogens with zero attached hydrogens (tertiary/aromatic N) is 6. The summed E-state index contributed by atoms with van der Waals surface area (Å²) in [6, 6.07) is 8.65. The quantitative estimate of drug-likeness (QED) is 0.358. The Morgan fingerprint density at radius 2 is 1.64 bits per heavy atom. The van der Waals surface area contributed by atoms with E-state index in [0.29, 0.717) is 28.6 Å². The molecule has 0 aliphatic heterocycles. The fourth-order valence-electron chi connectivity index (χ4n) is 3.55. The number of benzene rings is 1. The molecular formula is C23H24FN7O4S. The van der Waals surface area contributed by atoms with Gasteiger partial charge in [-0.15, -0.1) is 10.2 Å². The van der Waals surface area contributed by atoms with Crippen molar-refractivity contribution in [2.45, 2.75) is 25.0 Å². The van der Waals surface area contributed by atoms with Gasteiger partial charge in [-0.1, -0.05) is 13.0 Å². The largest absolute Gasteiger partial charge is 0.494 e. The van der Waals surface area contributed by atoms with E-state index in [4.69, 9.17) is 9.47 Å². The van der Waals surface area contributed by atoms with Gasteiger partial charge in [0.2, 0.25) is 16.0 Å². The van der Waals surface area contributed by atoms with Crippen LogP contribution in [-0.2, 0) is 10.0 Å². The average molecular weight is 514 g/mol. The van der Waals surface area contributed by atoms with E-state index in [1.165, 1.54) is 25.7 Å². The van der Waals surface area contributed by atoms with E-state index < -0.39 is 27.0 Å². The fourth-order valence-corrected chi connectivity index (χ4v) is 4.78. The molecule has 2 atom stereocenters. The normalized spacial score (nSPS) is 13.1. The molecule has 0 spiro atoms. The predicted molar refractivity (Wildman–Crippen MR) is 130 cm³/mol. The Labute approximate surface area is 207 Å². The van der Waals surface area contributed by atoms with Gasteiger partial charge in [-0.3, -0.25) is 14.3 Å².